The molecule has 0 radical (unpaired) electrons. The van der Waals surface area contributed by atoms with E-state index in [1.54, 1.807) is 0 Å². The first-order chi connectivity index (χ1) is 9.67. The van der Waals surface area contributed by atoms with E-state index < -0.39 is 0 Å². The lowest BCUT2D eigenvalue weighted by molar-refractivity contribution is -0.0845. The molecule has 3 nitrogen and oxygen atoms in total. The average molecular weight is 275 g/mol. The van der Waals surface area contributed by atoms with Gasteiger partial charge in [-0.15, -0.1) is 0 Å². The average Bonchev–Trinajstić information content (AvgIpc) is 2.87. The Bertz CT molecular complexity index is 454. The minimum Gasteiger partial charge on any atom is -0.379 e. The van der Waals surface area contributed by atoms with E-state index in [1.165, 1.54) is 16.7 Å². The van der Waals surface area contributed by atoms with Crippen LogP contribution in [0.25, 0.3) is 0 Å². The van der Waals surface area contributed by atoms with Crippen molar-refractivity contribution in [2.24, 2.45) is 0 Å². The molecule has 3 atom stereocenters. The number of benzene rings is 1. The lowest BCUT2D eigenvalue weighted by Crippen LogP contribution is -2.52. The number of nitrogens with zero attached hydrogens (tertiary/aromatic N) is 1. The van der Waals surface area contributed by atoms with Crippen LogP contribution in [0.15, 0.2) is 18.2 Å². The van der Waals surface area contributed by atoms with Crippen molar-refractivity contribution >= 4 is 0 Å². The van der Waals surface area contributed by atoms with Gasteiger partial charge in [0.1, 0.15) is 0 Å². The number of methoxy groups -OCH3 is 1. The third kappa shape index (κ3) is 2.76. The van der Waals surface area contributed by atoms with Crippen LogP contribution in [0.5, 0.6) is 0 Å². The van der Waals surface area contributed by atoms with Crippen molar-refractivity contribution in [2.75, 3.05) is 20.3 Å². The Morgan fingerprint density at radius 1 is 1.20 bits per heavy atom. The number of hydrogen-bond acceptors (Lipinski definition) is 3. The van der Waals surface area contributed by atoms with Gasteiger partial charge >= 0.3 is 0 Å². The van der Waals surface area contributed by atoms with Crippen molar-refractivity contribution in [3.8, 4) is 0 Å². The highest BCUT2D eigenvalue weighted by Gasteiger charge is 2.42. The fourth-order valence-corrected chi connectivity index (χ4v) is 3.81. The van der Waals surface area contributed by atoms with Gasteiger partial charge in [-0.25, -0.2) is 0 Å². The molecule has 2 aliphatic heterocycles. The van der Waals surface area contributed by atoms with Crippen LogP contribution in [0.3, 0.4) is 0 Å². The third-order valence-corrected chi connectivity index (χ3v) is 4.61. The molecule has 110 valence electrons. The molecular weight excluding hydrogens is 250 g/mol. The fourth-order valence-electron chi connectivity index (χ4n) is 3.81. The normalized spacial score (nSPS) is 30.4. The monoisotopic (exact) mass is 275 g/mol. The third-order valence-electron chi connectivity index (χ3n) is 4.61. The first-order valence-electron chi connectivity index (χ1n) is 7.63. The second kappa shape index (κ2) is 5.84. The van der Waals surface area contributed by atoms with Gasteiger partial charge in [0.25, 0.3) is 0 Å². The summed E-state index contributed by atoms with van der Waals surface area (Å²) in [6, 6.07) is 7.37. The Morgan fingerprint density at radius 2 is 1.95 bits per heavy atom. The molecule has 2 fully saturated rings. The quantitative estimate of drug-likeness (QED) is 0.846. The minimum absolute atomic E-state index is 0.264. The van der Waals surface area contributed by atoms with E-state index in [2.05, 4.69) is 36.9 Å². The van der Waals surface area contributed by atoms with Crippen LogP contribution in [0.1, 0.15) is 29.5 Å². The van der Waals surface area contributed by atoms with E-state index >= 15 is 0 Å². The van der Waals surface area contributed by atoms with Gasteiger partial charge < -0.3 is 9.47 Å². The number of fused-ring (bicyclic) bond motifs is 1. The van der Waals surface area contributed by atoms with Crippen LogP contribution in [-0.2, 0) is 16.0 Å². The predicted octanol–water partition coefficient (Wildman–Crippen LogP) is 2.68. The molecule has 0 spiro atoms. The van der Waals surface area contributed by atoms with E-state index in [-0.39, 0.29) is 12.2 Å². The summed E-state index contributed by atoms with van der Waals surface area (Å²) >= 11 is 0. The summed E-state index contributed by atoms with van der Waals surface area (Å²) < 4.78 is 11.5. The first-order valence-corrected chi connectivity index (χ1v) is 7.63. The molecular formula is C17H25NO2. The molecule has 3 rings (SSSR count). The Kier molecular flexibility index (Phi) is 4.11. The molecule has 0 aliphatic carbocycles. The highest BCUT2D eigenvalue weighted by Crippen LogP contribution is 2.31. The van der Waals surface area contributed by atoms with Crippen LogP contribution >= 0.6 is 0 Å². The Labute approximate surface area is 121 Å². The maximum Gasteiger partial charge on any atom is 0.0992 e. The SMILES string of the molecule is CO[C@H]1CCN(Cc2cc(C)cc(C)c2)[C@H]2CCO[C@H]12. The topological polar surface area (TPSA) is 21.7 Å². The number of rotatable bonds is 3. The summed E-state index contributed by atoms with van der Waals surface area (Å²) in [6.07, 6.45) is 2.75. The molecule has 2 saturated heterocycles. The van der Waals surface area contributed by atoms with Gasteiger partial charge in [0.15, 0.2) is 0 Å². The zero-order valence-corrected chi connectivity index (χ0v) is 12.8. The van der Waals surface area contributed by atoms with Crippen molar-refractivity contribution in [3.63, 3.8) is 0 Å². The van der Waals surface area contributed by atoms with Crippen molar-refractivity contribution < 1.29 is 9.47 Å². The van der Waals surface area contributed by atoms with Gasteiger partial charge in [-0.1, -0.05) is 29.3 Å². The molecule has 2 aliphatic rings. The smallest absolute Gasteiger partial charge is 0.0992 e. The number of ether oxygens (including phenoxy) is 2. The van der Waals surface area contributed by atoms with Crippen molar-refractivity contribution in [1.29, 1.82) is 0 Å². The lowest BCUT2D eigenvalue weighted by Gasteiger charge is -2.40. The van der Waals surface area contributed by atoms with Crippen molar-refractivity contribution in [3.05, 3.63) is 34.9 Å². The first kappa shape index (κ1) is 14.1. The van der Waals surface area contributed by atoms with Crippen molar-refractivity contribution in [1.82, 2.24) is 4.90 Å². The molecule has 0 unspecified atom stereocenters. The molecule has 0 bridgehead atoms. The zero-order chi connectivity index (χ0) is 14.1. The van der Waals surface area contributed by atoms with E-state index in [0.29, 0.717) is 6.04 Å². The molecule has 0 amide bonds. The maximum absolute atomic E-state index is 5.91. The number of hydrogen-bond donors (Lipinski definition) is 0. The minimum atomic E-state index is 0.264. The summed E-state index contributed by atoms with van der Waals surface area (Å²) in [5, 5.41) is 0. The van der Waals surface area contributed by atoms with Gasteiger partial charge in [0, 0.05) is 32.8 Å². The van der Waals surface area contributed by atoms with Crippen LogP contribution in [0, 0.1) is 13.8 Å². The molecule has 1 aromatic rings. The highest BCUT2D eigenvalue weighted by atomic mass is 16.5. The van der Waals surface area contributed by atoms with Gasteiger partial charge in [0.05, 0.1) is 12.2 Å². The summed E-state index contributed by atoms with van der Waals surface area (Å²) in [5.41, 5.74) is 4.13. The molecule has 20 heavy (non-hydrogen) atoms. The molecule has 0 N–H and O–H groups in total. The summed E-state index contributed by atoms with van der Waals surface area (Å²) in [4.78, 5) is 2.58. The Balaban J connectivity index is 1.74. The van der Waals surface area contributed by atoms with E-state index in [0.717, 1.165) is 32.5 Å². The lowest BCUT2D eigenvalue weighted by atomic mass is 9.94. The number of likely N-dealkylation sites (tertiary alicyclic amines) is 1. The number of piperidine rings is 1. The maximum atomic E-state index is 5.91. The van der Waals surface area contributed by atoms with Crippen LogP contribution < -0.4 is 0 Å². The van der Waals surface area contributed by atoms with Gasteiger partial charge in [-0.3, -0.25) is 4.90 Å². The van der Waals surface area contributed by atoms with Crippen LogP contribution in [0.2, 0.25) is 0 Å². The largest absolute Gasteiger partial charge is 0.379 e. The summed E-state index contributed by atoms with van der Waals surface area (Å²) in [6.45, 7) is 7.36. The predicted molar refractivity (Wildman–Crippen MR) is 79.9 cm³/mol. The molecule has 2 heterocycles. The molecule has 0 aromatic heterocycles. The second-order valence-electron chi connectivity index (χ2n) is 6.22. The molecule has 0 saturated carbocycles. The van der Waals surface area contributed by atoms with Gasteiger partial charge in [-0.05, 0) is 32.3 Å². The Hall–Kier alpha value is -0.900. The van der Waals surface area contributed by atoms with E-state index in [1.807, 2.05) is 7.11 Å². The van der Waals surface area contributed by atoms with Crippen molar-refractivity contribution in [2.45, 2.75) is 51.5 Å². The standard InChI is InChI=1S/C17H25NO2/c1-12-8-13(2)10-14(9-12)11-18-6-4-16(19-3)17-15(18)5-7-20-17/h8-10,15-17H,4-7,11H2,1-3H3/t15-,16-,17-/m0/s1. The Morgan fingerprint density at radius 3 is 2.65 bits per heavy atom. The molecule has 3 heteroatoms. The summed E-state index contributed by atoms with van der Waals surface area (Å²) in [5.74, 6) is 0. The second-order valence-corrected chi connectivity index (χ2v) is 6.22. The number of aryl methyl sites for hydroxylation is 2. The van der Waals surface area contributed by atoms with E-state index in [9.17, 15) is 0 Å². The van der Waals surface area contributed by atoms with E-state index in [4.69, 9.17) is 9.47 Å². The molecule has 1 aromatic carbocycles. The van der Waals surface area contributed by atoms with Crippen LogP contribution in [-0.4, -0.2) is 43.4 Å². The highest BCUT2D eigenvalue weighted by molar-refractivity contribution is 5.28. The fraction of sp³-hybridized carbons (Fsp3) is 0.647. The zero-order valence-electron chi connectivity index (χ0n) is 12.8. The van der Waals surface area contributed by atoms with Crippen LogP contribution in [0.4, 0.5) is 0 Å². The van der Waals surface area contributed by atoms with Gasteiger partial charge in [0.2, 0.25) is 0 Å². The summed E-state index contributed by atoms with van der Waals surface area (Å²) in [7, 11) is 1.81. The van der Waals surface area contributed by atoms with Gasteiger partial charge in [-0.2, -0.15) is 0 Å².